The van der Waals surface area contributed by atoms with Gasteiger partial charge in [0.15, 0.2) is 0 Å². The minimum atomic E-state index is 0. The molecule has 32 heavy (non-hydrogen) atoms. The summed E-state index contributed by atoms with van der Waals surface area (Å²) >= 11 is 13.3. The van der Waals surface area contributed by atoms with Crippen LogP contribution in [0, 0.1) is 5.41 Å². The van der Waals surface area contributed by atoms with Crippen LogP contribution in [0.2, 0.25) is 10.0 Å². The van der Waals surface area contributed by atoms with Crippen LogP contribution in [-0.2, 0) is 11.3 Å². The zero-order valence-electron chi connectivity index (χ0n) is 19.1. The first-order valence-electron chi connectivity index (χ1n) is 10.8. The van der Waals surface area contributed by atoms with Gasteiger partial charge in [-0.25, -0.2) is 0 Å². The van der Waals surface area contributed by atoms with Gasteiger partial charge in [0.1, 0.15) is 0 Å². The first-order valence-corrected chi connectivity index (χ1v) is 11.5. The number of likely N-dealkylation sites (tertiary alicyclic amines) is 1. The zero-order valence-corrected chi connectivity index (χ0v) is 22.2. The van der Waals surface area contributed by atoms with Gasteiger partial charge >= 0.3 is 0 Å². The van der Waals surface area contributed by atoms with E-state index >= 15 is 0 Å². The summed E-state index contributed by atoms with van der Waals surface area (Å²) < 4.78 is 6.06. The molecular formula is C24H35Cl4N3O. The molecule has 1 aliphatic heterocycles. The molecule has 0 aliphatic carbocycles. The molecule has 1 unspecified atom stereocenters. The smallest absolute Gasteiger partial charge is 0.0847 e. The van der Waals surface area contributed by atoms with Gasteiger partial charge in [-0.2, -0.15) is 0 Å². The van der Waals surface area contributed by atoms with Crippen molar-refractivity contribution in [2.75, 3.05) is 31.2 Å². The SMILES string of the molecule is CC(C)(C)COCCC(N1CCCC1)N(Cc1ccncc1)c1c(Cl)cccc1Cl.Cl.Cl. The maximum atomic E-state index is 6.67. The first-order chi connectivity index (χ1) is 14.3. The third kappa shape index (κ3) is 8.55. The molecule has 1 atom stereocenters. The molecule has 1 aliphatic rings. The van der Waals surface area contributed by atoms with Crippen LogP contribution in [0.15, 0.2) is 42.7 Å². The number of hydrogen-bond acceptors (Lipinski definition) is 4. The maximum absolute atomic E-state index is 6.67. The highest BCUT2D eigenvalue weighted by molar-refractivity contribution is 6.39. The summed E-state index contributed by atoms with van der Waals surface area (Å²) in [5, 5.41) is 1.35. The molecule has 4 nitrogen and oxygen atoms in total. The molecule has 1 aromatic carbocycles. The number of benzene rings is 1. The second-order valence-electron chi connectivity index (χ2n) is 9.18. The third-order valence-corrected chi connectivity index (χ3v) is 5.91. The van der Waals surface area contributed by atoms with Crippen LogP contribution in [0.4, 0.5) is 5.69 Å². The van der Waals surface area contributed by atoms with Crippen LogP contribution < -0.4 is 4.90 Å². The van der Waals surface area contributed by atoms with E-state index in [-0.39, 0.29) is 36.4 Å². The average Bonchev–Trinajstić information content (AvgIpc) is 3.22. The molecule has 0 saturated carbocycles. The van der Waals surface area contributed by atoms with Gasteiger partial charge in [-0.1, -0.05) is 50.0 Å². The van der Waals surface area contributed by atoms with Gasteiger partial charge in [0, 0.05) is 45.1 Å². The van der Waals surface area contributed by atoms with Gasteiger partial charge in [-0.15, -0.1) is 24.8 Å². The Bertz CT molecular complexity index is 775. The molecule has 0 radical (unpaired) electrons. The van der Waals surface area contributed by atoms with E-state index in [1.165, 1.54) is 18.4 Å². The third-order valence-electron chi connectivity index (χ3n) is 5.30. The van der Waals surface area contributed by atoms with Gasteiger partial charge in [-0.3, -0.25) is 9.88 Å². The Kier molecular flexibility index (Phi) is 12.7. The van der Waals surface area contributed by atoms with Crippen molar-refractivity contribution in [2.24, 2.45) is 5.41 Å². The lowest BCUT2D eigenvalue weighted by Crippen LogP contribution is -2.48. The molecule has 0 bridgehead atoms. The lowest BCUT2D eigenvalue weighted by molar-refractivity contribution is 0.0548. The van der Waals surface area contributed by atoms with Gasteiger partial charge in [0.25, 0.3) is 0 Å². The Labute approximate surface area is 215 Å². The summed E-state index contributed by atoms with van der Waals surface area (Å²) in [4.78, 5) is 9.06. The highest BCUT2D eigenvalue weighted by atomic mass is 35.5. The average molecular weight is 523 g/mol. The summed E-state index contributed by atoms with van der Waals surface area (Å²) in [5.41, 5.74) is 2.23. The fraction of sp³-hybridized carbons (Fsp3) is 0.542. The van der Waals surface area contributed by atoms with Gasteiger partial charge in [0.05, 0.1) is 28.5 Å². The van der Waals surface area contributed by atoms with Crippen LogP contribution >= 0.6 is 48.0 Å². The van der Waals surface area contributed by atoms with Crippen LogP contribution in [-0.4, -0.2) is 42.4 Å². The number of nitrogens with zero attached hydrogens (tertiary/aromatic N) is 3. The van der Waals surface area contributed by atoms with Crippen molar-refractivity contribution in [2.45, 2.75) is 52.7 Å². The van der Waals surface area contributed by atoms with Crippen molar-refractivity contribution in [3.8, 4) is 0 Å². The molecule has 2 aromatic rings. The van der Waals surface area contributed by atoms with Crippen molar-refractivity contribution < 1.29 is 4.74 Å². The minimum absolute atomic E-state index is 0. The number of anilines is 1. The second kappa shape index (κ2) is 13.8. The van der Waals surface area contributed by atoms with Crippen LogP contribution in [0.25, 0.3) is 0 Å². The molecule has 0 N–H and O–H groups in total. The lowest BCUT2D eigenvalue weighted by Gasteiger charge is -2.40. The second-order valence-corrected chi connectivity index (χ2v) is 9.99. The monoisotopic (exact) mass is 521 g/mol. The predicted octanol–water partition coefficient (Wildman–Crippen LogP) is 7.11. The number of aromatic nitrogens is 1. The summed E-state index contributed by atoms with van der Waals surface area (Å²) in [6.45, 7) is 10.9. The Morgan fingerprint density at radius 3 is 2.19 bits per heavy atom. The Morgan fingerprint density at radius 1 is 1.03 bits per heavy atom. The summed E-state index contributed by atoms with van der Waals surface area (Å²) in [6.07, 6.45) is 7.16. The molecule has 180 valence electrons. The highest BCUT2D eigenvalue weighted by Crippen LogP contribution is 2.37. The molecule has 1 fully saturated rings. The van der Waals surface area contributed by atoms with Crippen LogP contribution in [0.3, 0.4) is 0 Å². The zero-order chi connectivity index (χ0) is 21.6. The quantitative estimate of drug-likeness (QED) is 0.328. The normalized spacial score (nSPS) is 15.0. The van der Waals surface area contributed by atoms with Gasteiger partial charge in [0.2, 0.25) is 0 Å². The van der Waals surface area contributed by atoms with Crippen molar-refractivity contribution in [1.29, 1.82) is 0 Å². The van der Waals surface area contributed by atoms with Crippen molar-refractivity contribution >= 4 is 53.7 Å². The number of pyridine rings is 1. The predicted molar refractivity (Wildman–Crippen MR) is 141 cm³/mol. The fourth-order valence-electron chi connectivity index (χ4n) is 3.92. The molecule has 3 rings (SSSR count). The highest BCUT2D eigenvalue weighted by Gasteiger charge is 2.30. The van der Waals surface area contributed by atoms with E-state index in [1.54, 1.807) is 0 Å². The van der Waals surface area contributed by atoms with Crippen molar-refractivity contribution in [3.05, 3.63) is 58.3 Å². The molecule has 2 heterocycles. The summed E-state index contributed by atoms with van der Waals surface area (Å²) in [7, 11) is 0. The van der Waals surface area contributed by atoms with E-state index < -0.39 is 0 Å². The number of halogens is 4. The molecule has 8 heteroatoms. The Morgan fingerprint density at radius 2 is 1.62 bits per heavy atom. The standard InChI is InChI=1S/C24H33Cl2N3O.2ClH/c1-24(2,3)18-30-16-11-22(28-14-4-5-15-28)29(17-19-9-12-27-13-10-19)23-20(25)7-6-8-21(23)26;;/h6-10,12-13,22H,4-5,11,14-18H2,1-3H3;2*1H. The van der Waals surface area contributed by atoms with E-state index in [2.05, 4.69) is 47.7 Å². The van der Waals surface area contributed by atoms with E-state index in [1.807, 2.05) is 30.6 Å². The topological polar surface area (TPSA) is 28.6 Å². The number of ether oxygens (including phenoxy) is 1. The lowest BCUT2D eigenvalue weighted by atomic mass is 9.99. The molecular weight excluding hydrogens is 488 g/mol. The van der Waals surface area contributed by atoms with E-state index in [0.717, 1.165) is 31.8 Å². The number of hydrogen-bond donors (Lipinski definition) is 0. The van der Waals surface area contributed by atoms with Crippen LogP contribution in [0.5, 0.6) is 0 Å². The Balaban J connectivity index is 0.00000256. The summed E-state index contributed by atoms with van der Waals surface area (Å²) in [5.74, 6) is 0. The maximum Gasteiger partial charge on any atom is 0.0847 e. The van der Waals surface area contributed by atoms with Crippen LogP contribution in [0.1, 0.15) is 45.6 Å². The molecule has 0 amide bonds. The van der Waals surface area contributed by atoms with Gasteiger partial charge in [-0.05, 0) is 48.1 Å². The minimum Gasteiger partial charge on any atom is -0.381 e. The van der Waals surface area contributed by atoms with E-state index in [0.29, 0.717) is 23.2 Å². The van der Waals surface area contributed by atoms with E-state index in [4.69, 9.17) is 27.9 Å². The van der Waals surface area contributed by atoms with E-state index in [9.17, 15) is 0 Å². The first kappa shape index (κ1) is 29.3. The summed E-state index contributed by atoms with van der Waals surface area (Å²) in [6, 6.07) is 9.83. The van der Waals surface area contributed by atoms with Crippen molar-refractivity contribution in [3.63, 3.8) is 0 Å². The molecule has 1 aromatic heterocycles. The van der Waals surface area contributed by atoms with Gasteiger partial charge < -0.3 is 9.64 Å². The number of rotatable bonds is 9. The molecule has 0 spiro atoms. The fourth-order valence-corrected chi connectivity index (χ4v) is 4.54. The molecule has 1 saturated heterocycles. The Hall–Kier alpha value is -0.750. The largest absolute Gasteiger partial charge is 0.381 e. The van der Waals surface area contributed by atoms with Crippen molar-refractivity contribution in [1.82, 2.24) is 9.88 Å². The number of para-hydroxylation sites is 1.